The Hall–Kier alpha value is -2.74. The maximum atomic E-state index is 11.6. The summed E-state index contributed by atoms with van der Waals surface area (Å²) in [6.45, 7) is 1.68. The lowest BCUT2D eigenvalue weighted by molar-refractivity contribution is -0.384. The highest BCUT2D eigenvalue weighted by molar-refractivity contribution is 6.31. The zero-order chi connectivity index (χ0) is 18.6. The summed E-state index contributed by atoms with van der Waals surface area (Å²) in [5, 5.41) is 10.7. The number of rotatable bonds is 6. The molecular formula is C16H17ClN4O4. The number of hydrogen-bond donors (Lipinski definition) is 0. The minimum atomic E-state index is -0.460. The molecule has 0 atom stereocenters. The van der Waals surface area contributed by atoms with E-state index in [-0.39, 0.29) is 23.0 Å². The maximum Gasteiger partial charge on any atom is 0.311 e. The van der Waals surface area contributed by atoms with Crippen molar-refractivity contribution in [3.8, 4) is 5.75 Å². The molecule has 0 amide bonds. The number of nitrogens with zero attached hydrogens (tertiary/aromatic N) is 4. The number of halogens is 1. The summed E-state index contributed by atoms with van der Waals surface area (Å²) in [5.74, 6) is 0.486. The van der Waals surface area contributed by atoms with Crippen LogP contribution in [0.2, 0.25) is 5.15 Å². The standard InChI is InChI=1S/C16H17ClN4O4/c1-4-13(22)25-14-15(17)18-12(19-16(14)20(2)3)9-10-5-7-11(8-6-10)21(23)24/h5-8H,4,9H2,1-3H3. The Kier molecular flexibility index (Phi) is 5.87. The van der Waals surface area contributed by atoms with E-state index in [1.165, 1.54) is 12.1 Å². The van der Waals surface area contributed by atoms with Crippen LogP contribution in [-0.2, 0) is 11.2 Å². The Morgan fingerprint density at radius 2 is 1.92 bits per heavy atom. The number of esters is 1. The fourth-order valence-corrected chi connectivity index (χ4v) is 2.25. The van der Waals surface area contributed by atoms with Crippen LogP contribution in [0.5, 0.6) is 5.75 Å². The summed E-state index contributed by atoms with van der Waals surface area (Å²) in [5.41, 5.74) is 0.809. The molecule has 2 rings (SSSR count). The van der Waals surface area contributed by atoms with Crippen LogP contribution in [0.1, 0.15) is 24.7 Å². The third-order valence-electron chi connectivity index (χ3n) is 3.29. The van der Waals surface area contributed by atoms with Crippen molar-refractivity contribution < 1.29 is 14.5 Å². The number of nitro groups is 1. The van der Waals surface area contributed by atoms with E-state index in [2.05, 4.69) is 9.97 Å². The molecule has 2 aromatic rings. The fourth-order valence-electron chi connectivity index (χ4n) is 2.03. The van der Waals surface area contributed by atoms with Gasteiger partial charge in [-0.05, 0) is 5.56 Å². The van der Waals surface area contributed by atoms with Crippen molar-refractivity contribution in [1.29, 1.82) is 0 Å². The van der Waals surface area contributed by atoms with E-state index in [1.807, 2.05) is 0 Å². The van der Waals surface area contributed by atoms with Gasteiger partial charge in [0, 0.05) is 39.1 Å². The maximum absolute atomic E-state index is 11.6. The minimum absolute atomic E-state index is 0.0125. The number of hydrogen-bond acceptors (Lipinski definition) is 7. The molecule has 0 N–H and O–H groups in total. The van der Waals surface area contributed by atoms with Gasteiger partial charge in [-0.15, -0.1) is 0 Å². The summed E-state index contributed by atoms with van der Waals surface area (Å²) < 4.78 is 5.22. The van der Waals surface area contributed by atoms with E-state index in [4.69, 9.17) is 16.3 Å². The average Bonchev–Trinajstić information content (AvgIpc) is 2.57. The first-order valence-electron chi connectivity index (χ1n) is 7.49. The Morgan fingerprint density at radius 1 is 1.28 bits per heavy atom. The Balaban J connectivity index is 2.32. The van der Waals surface area contributed by atoms with Crippen LogP contribution in [0.25, 0.3) is 0 Å². The average molecular weight is 365 g/mol. The van der Waals surface area contributed by atoms with Gasteiger partial charge in [0.15, 0.2) is 11.0 Å². The number of anilines is 1. The second-order valence-corrected chi connectivity index (χ2v) is 5.76. The molecule has 0 bridgehead atoms. The third kappa shape index (κ3) is 4.63. The Morgan fingerprint density at radius 3 is 2.44 bits per heavy atom. The van der Waals surface area contributed by atoms with Crippen molar-refractivity contribution in [3.05, 3.63) is 50.9 Å². The summed E-state index contributed by atoms with van der Waals surface area (Å²) >= 11 is 6.17. The highest BCUT2D eigenvalue weighted by atomic mass is 35.5. The van der Waals surface area contributed by atoms with Gasteiger partial charge in [-0.1, -0.05) is 30.7 Å². The smallest absolute Gasteiger partial charge is 0.311 e. The van der Waals surface area contributed by atoms with E-state index < -0.39 is 10.9 Å². The van der Waals surface area contributed by atoms with E-state index in [0.29, 0.717) is 18.1 Å². The van der Waals surface area contributed by atoms with Crippen LogP contribution in [0.3, 0.4) is 0 Å². The monoisotopic (exact) mass is 364 g/mol. The first kappa shape index (κ1) is 18.6. The van der Waals surface area contributed by atoms with Crippen LogP contribution < -0.4 is 9.64 Å². The van der Waals surface area contributed by atoms with Crippen LogP contribution in [0.4, 0.5) is 11.5 Å². The lowest BCUT2D eigenvalue weighted by Gasteiger charge is -2.17. The second-order valence-electron chi connectivity index (χ2n) is 5.41. The molecule has 1 aromatic carbocycles. The molecule has 0 radical (unpaired) electrons. The van der Waals surface area contributed by atoms with Crippen LogP contribution >= 0.6 is 11.6 Å². The molecule has 0 unspecified atom stereocenters. The highest BCUT2D eigenvalue weighted by Gasteiger charge is 2.19. The molecule has 1 heterocycles. The quantitative estimate of drug-likeness (QED) is 0.336. The van der Waals surface area contributed by atoms with Crippen molar-refractivity contribution in [1.82, 2.24) is 9.97 Å². The largest absolute Gasteiger partial charge is 0.419 e. The lowest BCUT2D eigenvalue weighted by atomic mass is 10.1. The molecule has 0 spiro atoms. The molecule has 1 aromatic heterocycles. The SMILES string of the molecule is CCC(=O)Oc1c(Cl)nc(Cc2ccc([N+](=O)[O-])cc2)nc1N(C)C. The zero-order valence-electron chi connectivity index (χ0n) is 14.0. The first-order valence-corrected chi connectivity index (χ1v) is 7.87. The van der Waals surface area contributed by atoms with Gasteiger partial charge in [-0.25, -0.2) is 9.97 Å². The number of benzene rings is 1. The number of ether oxygens (including phenoxy) is 1. The summed E-state index contributed by atoms with van der Waals surface area (Å²) in [6, 6.07) is 6.11. The van der Waals surface area contributed by atoms with Crippen molar-refractivity contribution >= 4 is 29.1 Å². The topological polar surface area (TPSA) is 98.5 Å². The molecule has 0 saturated carbocycles. The Labute approximate surface area is 149 Å². The number of nitro benzene ring substituents is 1. The van der Waals surface area contributed by atoms with E-state index >= 15 is 0 Å². The fraction of sp³-hybridized carbons (Fsp3) is 0.312. The van der Waals surface area contributed by atoms with Crippen molar-refractivity contribution in [2.75, 3.05) is 19.0 Å². The summed E-state index contributed by atoms with van der Waals surface area (Å²) in [4.78, 5) is 32.0. The minimum Gasteiger partial charge on any atom is -0.419 e. The molecule has 9 heteroatoms. The molecule has 0 fully saturated rings. The third-order valence-corrected chi connectivity index (χ3v) is 3.55. The van der Waals surface area contributed by atoms with E-state index in [0.717, 1.165) is 5.56 Å². The number of carbonyl (C=O) groups is 1. The van der Waals surface area contributed by atoms with Crippen LogP contribution in [0.15, 0.2) is 24.3 Å². The molecule has 0 saturated heterocycles. The predicted octanol–water partition coefficient (Wildman–Crippen LogP) is 3.01. The van der Waals surface area contributed by atoms with Gasteiger partial charge >= 0.3 is 5.97 Å². The molecular weight excluding hydrogens is 348 g/mol. The molecule has 0 aliphatic carbocycles. The molecule has 25 heavy (non-hydrogen) atoms. The molecule has 132 valence electrons. The summed E-state index contributed by atoms with van der Waals surface area (Å²) in [6.07, 6.45) is 0.536. The van der Waals surface area contributed by atoms with E-state index in [1.54, 1.807) is 38.1 Å². The lowest BCUT2D eigenvalue weighted by Crippen LogP contribution is -2.17. The second kappa shape index (κ2) is 7.89. The highest BCUT2D eigenvalue weighted by Crippen LogP contribution is 2.32. The van der Waals surface area contributed by atoms with Gasteiger partial charge in [0.25, 0.3) is 5.69 Å². The van der Waals surface area contributed by atoms with Gasteiger partial charge in [-0.2, -0.15) is 0 Å². The van der Waals surface area contributed by atoms with E-state index in [9.17, 15) is 14.9 Å². The van der Waals surface area contributed by atoms with Gasteiger partial charge in [0.05, 0.1) is 4.92 Å². The number of aromatic nitrogens is 2. The van der Waals surface area contributed by atoms with Gasteiger partial charge in [-0.3, -0.25) is 14.9 Å². The van der Waals surface area contributed by atoms with Gasteiger partial charge < -0.3 is 9.64 Å². The molecule has 0 aliphatic rings. The van der Waals surface area contributed by atoms with Crippen LogP contribution in [-0.4, -0.2) is 35.0 Å². The van der Waals surface area contributed by atoms with Gasteiger partial charge in [0.1, 0.15) is 5.82 Å². The molecule has 0 aliphatic heterocycles. The predicted molar refractivity (Wildman–Crippen MR) is 93.2 cm³/mol. The van der Waals surface area contributed by atoms with Crippen LogP contribution in [0, 0.1) is 10.1 Å². The van der Waals surface area contributed by atoms with Crippen molar-refractivity contribution in [2.45, 2.75) is 19.8 Å². The summed E-state index contributed by atoms with van der Waals surface area (Å²) in [7, 11) is 3.50. The first-order chi connectivity index (χ1) is 11.8. The Bertz CT molecular complexity index is 793. The molecule has 8 nitrogen and oxygen atoms in total. The number of carbonyl (C=O) groups excluding carboxylic acids is 1. The van der Waals surface area contributed by atoms with Crippen molar-refractivity contribution in [2.24, 2.45) is 0 Å². The zero-order valence-corrected chi connectivity index (χ0v) is 14.8. The normalized spacial score (nSPS) is 10.4. The van der Waals surface area contributed by atoms with Crippen molar-refractivity contribution in [3.63, 3.8) is 0 Å². The number of non-ortho nitro benzene ring substituents is 1. The van der Waals surface area contributed by atoms with Gasteiger partial charge in [0.2, 0.25) is 5.75 Å².